The standard InChI is InChI=1S/C36H64O19/c1-3-13-21(39)16-26(42)54-33-29(45)28(44)24(17-37)52-36(33)55-32-25(19-50-20(2)38)53-35(31(47)30(32)46)51-18-22(40)14-11-9-7-5-4-6-8-10-12-15-23(41)27(43)34(48)49/h21-25,27-33,35-37,39-41,43-47H,3-19H2,1-2H3,(H,48,49). The molecule has 55 heavy (non-hydrogen) atoms. The van der Waals surface area contributed by atoms with Crippen LogP contribution in [0.15, 0.2) is 0 Å². The molecule has 322 valence electrons. The first-order valence-electron chi connectivity index (χ1n) is 19.3. The number of carbonyl (C=O) groups excluding carboxylic acids is 2. The summed E-state index contributed by atoms with van der Waals surface area (Å²) in [5.41, 5.74) is 0. The molecule has 2 aliphatic heterocycles. The van der Waals surface area contributed by atoms with Gasteiger partial charge in [-0.2, -0.15) is 0 Å². The van der Waals surface area contributed by atoms with E-state index in [9.17, 15) is 60.3 Å². The summed E-state index contributed by atoms with van der Waals surface area (Å²) in [6, 6.07) is 0. The summed E-state index contributed by atoms with van der Waals surface area (Å²) >= 11 is 0. The Kier molecular flexibility index (Phi) is 23.2. The Hall–Kier alpha value is -2.11. The molecule has 2 fully saturated rings. The number of hydrogen-bond acceptors (Lipinski definition) is 18. The van der Waals surface area contributed by atoms with Gasteiger partial charge in [0.25, 0.3) is 0 Å². The van der Waals surface area contributed by atoms with Gasteiger partial charge in [-0.05, 0) is 19.3 Å². The quantitative estimate of drug-likeness (QED) is 0.0343. The summed E-state index contributed by atoms with van der Waals surface area (Å²) in [5, 5.41) is 101. The molecule has 19 heteroatoms. The van der Waals surface area contributed by atoms with Gasteiger partial charge in [0.05, 0.1) is 37.9 Å². The van der Waals surface area contributed by atoms with E-state index in [1.54, 1.807) is 6.92 Å². The zero-order valence-corrected chi connectivity index (χ0v) is 31.8. The average Bonchev–Trinajstić information content (AvgIpc) is 3.13. The number of aliphatic carboxylic acids is 1. The molecule has 2 saturated heterocycles. The summed E-state index contributed by atoms with van der Waals surface area (Å²) in [4.78, 5) is 35.0. The lowest BCUT2D eigenvalue weighted by molar-refractivity contribution is -0.361. The van der Waals surface area contributed by atoms with E-state index < -0.39 is 123 Å². The van der Waals surface area contributed by atoms with Crippen molar-refractivity contribution in [2.75, 3.05) is 19.8 Å². The van der Waals surface area contributed by atoms with Gasteiger partial charge in [-0.1, -0.05) is 71.1 Å². The summed E-state index contributed by atoms with van der Waals surface area (Å²) in [5.74, 6) is -3.11. The second kappa shape index (κ2) is 26.0. The van der Waals surface area contributed by atoms with Gasteiger partial charge in [-0.3, -0.25) is 9.59 Å². The van der Waals surface area contributed by atoms with Crippen LogP contribution >= 0.6 is 0 Å². The number of esters is 2. The normalized spacial score (nSPS) is 30.6. The van der Waals surface area contributed by atoms with Crippen molar-refractivity contribution in [3.63, 3.8) is 0 Å². The van der Waals surface area contributed by atoms with Gasteiger partial charge in [-0.25, -0.2) is 4.79 Å². The minimum atomic E-state index is -1.84. The molecule has 0 aromatic heterocycles. The molecule has 14 unspecified atom stereocenters. The molecule has 0 amide bonds. The number of hydrogen-bond donors (Lipinski definition) is 10. The zero-order valence-electron chi connectivity index (χ0n) is 31.8. The van der Waals surface area contributed by atoms with Crippen LogP contribution in [0, 0.1) is 0 Å². The summed E-state index contributed by atoms with van der Waals surface area (Å²) in [6.45, 7) is 1.36. The number of ether oxygens (including phenoxy) is 6. The summed E-state index contributed by atoms with van der Waals surface area (Å²) < 4.78 is 33.3. The largest absolute Gasteiger partial charge is 0.479 e. The van der Waals surface area contributed by atoms with Crippen LogP contribution in [-0.4, -0.2) is 175 Å². The maximum absolute atomic E-state index is 12.6. The van der Waals surface area contributed by atoms with E-state index in [-0.39, 0.29) is 13.0 Å². The molecule has 2 heterocycles. The van der Waals surface area contributed by atoms with Crippen molar-refractivity contribution < 1.29 is 93.9 Å². The lowest BCUT2D eigenvalue weighted by atomic mass is 9.96. The van der Waals surface area contributed by atoms with Gasteiger partial charge < -0.3 is 79.5 Å². The van der Waals surface area contributed by atoms with Gasteiger partial charge in [0, 0.05) is 6.92 Å². The summed E-state index contributed by atoms with van der Waals surface area (Å²) in [6.07, 6.45) is -12.6. The lowest BCUT2D eigenvalue weighted by Crippen LogP contribution is -2.65. The van der Waals surface area contributed by atoms with Gasteiger partial charge in [0.2, 0.25) is 0 Å². The molecule has 0 radical (unpaired) electrons. The molecule has 14 atom stereocenters. The molecule has 10 N–H and O–H groups in total. The maximum Gasteiger partial charge on any atom is 0.335 e. The minimum absolute atomic E-state index is 0.226. The van der Waals surface area contributed by atoms with E-state index in [4.69, 9.17) is 33.5 Å². The fourth-order valence-corrected chi connectivity index (χ4v) is 6.40. The number of aliphatic hydroxyl groups is 9. The van der Waals surface area contributed by atoms with E-state index in [1.807, 2.05) is 0 Å². The van der Waals surface area contributed by atoms with Gasteiger partial charge in [-0.15, -0.1) is 0 Å². The molecule has 0 aromatic carbocycles. The number of carboxylic acid groups (broad SMARTS) is 1. The molecule has 0 spiro atoms. The molecule has 2 aliphatic rings. The van der Waals surface area contributed by atoms with Crippen LogP contribution in [0.1, 0.15) is 104 Å². The van der Waals surface area contributed by atoms with Crippen LogP contribution < -0.4 is 0 Å². The second-order valence-electron chi connectivity index (χ2n) is 14.3. The van der Waals surface area contributed by atoms with Gasteiger partial charge in [0.1, 0.15) is 49.3 Å². The zero-order chi connectivity index (χ0) is 41.1. The maximum atomic E-state index is 12.6. The third kappa shape index (κ3) is 17.1. The molecule has 0 aliphatic carbocycles. The number of rotatable bonds is 27. The third-order valence-corrected chi connectivity index (χ3v) is 9.61. The predicted octanol–water partition coefficient (Wildman–Crippen LogP) is -1.24. The first kappa shape index (κ1) is 49.0. The number of aliphatic hydroxyl groups excluding tert-OH is 9. The third-order valence-electron chi connectivity index (χ3n) is 9.61. The Bertz CT molecular complexity index is 1100. The predicted molar refractivity (Wildman–Crippen MR) is 188 cm³/mol. The highest BCUT2D eigenvalue weighted by Gasteiger charge is 2.52. The fraction of sp³-hybridized carbons (Fsp3) is 0.917. The van der Waals surface area contributed by atoms with E-state index in [0.717, 1.165) is 51.9 Å². The highest BCUT2D eigenvalue weighted by molar-refractivity contribution is 5.72. The van der Waals surface area contributed by atoms with Crippen molar-refractivity contribution in [1.29, 1.82) is 0 Å². The smallest absolute Gasteiger partial charge is 0.335 e. The highest BCUT2D eigenvalue weighted by Crippen LogP contribution is 2.31. The van der Waals surface area contributed by atoms with E-state index in [1.165, 1.54) is 0 Å². The van der Waals surface area contributed by atoms with Crippen molar-refractivity contribution in [3.8, 4) is 0 Å². The van der Waals surface area contributed by atoms with E-state index in [0.29, 0.717) is 32.1 Å². The van der Waals surface area contributed by atoms with E-state index in [2.05, 4.69) is 0 Å². The van der Waals surface area contributed by atoms with Crippen LogP contribution in [0.5, 0.6) is 0 Å². The monoisotopic (exact) mass is 800 g/mol. The summed E-state index contributed by atoms with van der Waals surface area (Å²) in [7, 11) is 0. The van der Waals surface area contributed by atoms with Gasteiger partial charge >= 0.3 is 17.9 Å². The van der Waals surface area contributed by atoms with Crippen molar-refractivity contribution in [2.24, 2.45) is 0 Å². The van der Waals surface area contributed by atoms with Gasteiger partial charge in [0.15, 0.2) is 24.8 Å². The van der Waals surface area contributed by atoms with Crippen molar-refractivity contribution in [1.82, 2.24) is 0 Å². The first-order chi connectivity index (χ1) is 26.1. The molecule has 0 bridgehead atoms. The van der Waals surface area contributed by atoms with Crippen molar-refractivity contribution >= 4 is 17.9 Å². The SMILES string of the molecule is CCCC(O)CC(=O)OC1C(OC2C(COC(C)=O)OC(OCC(O)CCCCCCCCCCCC(O)C(O)C(=O)O)C(O)C2O)OC(CO)C(O)C1O. The second-order valence-corrected chi connectivity index (χ2v) is 14.3. The van der Waals surface area contributed by atoms with Crippen LogP contribution in [0.2, 0.25) is 0 Å². The molecule has 2 rings (SSSR count). The number of unbranched alkanes of at least 4 members (excludes halogenated alkanes) is 8. The Morgan fingerprint density at radius 2 is 1.25 bits per heavy atom. The fourth-order valence-electron chi connectivity index (χ4n) is 6.40. The number of carbonyl (C=O) groups is 3. The van der Waals surface area contributed by atoms with Crippen molar-refractivity contribution in [3.05, 3.63) is 0 Å². The topological polar surface area (TPSA) is 309 Å². The lowest BCUT2D eigenvalue weighted by Gasteiger charge is -2.46. The highest BCUT2D eigenvalue weighted by atomic mass is 16.8. The van der Waals surface area contributed by atoms with Crippen LogP contribution in [0.4, 0.5) is 0 Å². The molecule has 19 nitrogen and oxygen atoms in total. The van der Waals surface area contributed by atoms with E-state index >= 15 is 0 Å². The first-order valence-corrected chi connectivity index (χ1v) is 19.3. The van der Waals surface area contributed by atoms with Crippen LogP contribution in [-0.2, 0) is 42.8 Å². The van der Waals surface area contributed by atoms with Crippen LogP contribution in [0.25, 0.3) is 0 Å². The minimum Gasteiger partial charge on any atom is -0.479 e. The molecular weight excluding hydrogens is 736 g/mol. The van der Waals surface area contributed by atoms with Crippen LogP contribution in [0.3, 0.4) is 0 Å². The molecular formula is C36H64O19. The molecule has 0 aromatic rings. The Morgan fingerprint density at radius 1 is 0.691 bits per heavy atom. The Labute approximate surface area is 321 Å². The van der Waals surface area contributed by atoms with Crippen molar-refractivity contribution in [2.45, 2.75) is 190 Å². The Balaban J connectivity index is 1.87. The number of carboxylic acids is 1. The Morgan fingerprint density at radius 3 is 1.82 bits per heavy atom. The average molecular weight is 801 g/mol. The molecule has 0 saturated carbocycles.